The molecule has 0 unspecified atom stereocenters. The molecule has 2 rings (SSSR count). The van der Waals surface area contributed by atoms with Gasteiger partial charge in [0.1, 0.15) is 0 Å². The van der Waals surface area contributed by atoms with E-state index in [1.165, 1.54) is 19.3 Å². The maximum atomic E-state index is 12.0. The Morgan fingerprint density at radius 2 is 2.00 bits per heavy atom. The maximum Gasteiger partial charge on any atom is 0.253 e. The van der Waals surface area contributed by atoms with Gasteiger partial charge in [0.2, 0.25) is 0 Å². The molecule has 3 nitrogen and oxygen atoms in total. The summed E-state index contributed by atoms with van der Waals surface area (Å²) in [6, 6.07) is 7.21. The second-order valence-electron chi connectivity index (χ2n) is 5.87. The van der Waals surface area contributed by atoms with Crippen LogP contribution in [-0.4, -0.2) is 12.5 Å². The lowest BCUT2D eigenvalue weighted by Gasteiger charge is -2.18. The summed E-state index contributed by atoms with van der Waals surface area (Å²) >= 11 is 0. The van der Waals surface area contributed by atoms with E-state index in [1.807, 2.05) is 12.1 Å². The number of carbonyl (C=O) groups is 1. The van der Waals surface area contributed by atoms with Crippen molar-refractivity contribution in [2.75, 3.05) is 12.3 Å². The number of halogens is 1. The van der Waals surface area contributed by atoms with Crippen LogP contribution in [-0.2, 0) is 0 Å². The van der Waals surface area contributed by atoms with Gasteiger partial charge in [-0.1, -0.05) is 26.0 Å². The normalized spacial score (nSPS) is 15.7. The van der Waals surface area contributed by atoms with Crippen LogP contribution in [0.4, 0.5) is 5.69 Å². The predicted molar refractivity (Wildman–Crippen MR) is 81.6 cm³/mol. The van der Waals surface area contributed by atoms with Gasteiger partial charge in [-0.15, -0.1) is 12.4 Å². The third-order valence-corrected chi connectivity index (χ3v) is 3.63. The third-order valence-electron chi connectivity index (χ3n) is 3.63. The summed E-state index contributed by atoms with van der Waals surface area (Å²) in [5.41, 5.74) is 7.28. The van der Waals surface area contributed by atoms with Gasteiger partial charge in [0.15, 0.2) is 0 Å². The van der Waals surface area contributed by atoms with Crippen LogP contribution in [0.15, 0.2) is 24.3 Å². The van der Waals surface area contributed by atoms with Crippen molar-refractivity contribution < 1.29 is 4.79 Å². The molecule has 0 atom stereocenters. The topological polar surface area (TPSA) is 55.1 Å². The lowest BCUT2D eigenvalue weighted by molar-refractivity contribution is 0.0943. The zero-order valence-electron chi connectivity index (χ0n) is 11.6. The monoisotopic (exact) mass is 282 g/mol. The summed E-state index contributed by atoms with van der Waals surface area (Å²) in [5.74, 6) is 0.634. The van der Waals surface area contributed by atoms with Crippen LogP contribution in [0.25, 0.3) is 0 Å². The number of amides is 1. The summed E-state index contributed by atoms with van der Waals surface area (Å²) in [7, 11) is 0. The van der Waals surface area contributed by atoms with Crippen LogP contribution in [0.2, 0.25) is 0 Å². The van der Waals surface area contributed by atoms with E-state index >= 15 is 0 Å². The average Bonchev–Trinajstić information content (AvgIpc) is 3.06. The molecule has 1 amide bonds. The van der Waals surface area contributed by atoms with Gasteiger partial charge < -0.3 is 11.1 Å². The summed E-state index contributed by atoms with van der Waals surface area (Å²) < 4.78 is 0. The van der Waals surface area contributed by atoms with Crippen LogP contribution in [0.3, 0.4) is 0 Å². The zero-order valence-corrected chi connectivity index (χ0v) is 12.4. The van der Waals surface area contributed by atoms with Gasteiger partial charge in [0.25, 0.3) is 5.91 Å². The largest absolute Gasteiger partial charge is 0.398 e. The van der Waals surface area contributed by atoms with Crippen LogP contribution in [0.1, 0.15) is 43.5 Å². The van der Waals surface area contributed by atoms with Crippen molar-refractivity contribution in [3.8, 4) is 0 Å². The molecule has 0 spiro atoms. The second kappa shape index (κ2) is 6.29. The number of nitrogens with one attached hydrogen (secondary N) is 1. The zero-order chi connectivity index (χ0) is 13.2. The van der Waals surface area contributed by atoms with Crippen molar-refractivity contribution in [1.29, 1.82) is 0 Å². The van der Waals surface area contributed by atoms with Gasteiger partial charge in [-0.05, 0) is 42.7 Å². The van der Waals surface area contributed by atoms with Gasteiger partial charge in [0, 0.05) is 12.2 Å². The van der Waals surface area contributed by atoms with Crippen molar-refractivity contribution >= 4 is 24.0 Å². The maximum absolute atomic E-state index is 12.0. The number of hydrogen-bond acceptors (Lipinski definition) is 2. The number of para-hydroxylation sites is 1. The highest BCUT2D eigenvalue weighted by Gasteiger charge is 2.42. The molecule has 4 heteroatoms. The molecule has 1 aliphatic rings. The molecule has 3 N–H and O–H groups in total. The summed E-state index contributed by atoms with van der Waals surface area (Å²) in [6.07, 6.45) is 3.66. The van der Waals surface area contributed by atoms with E-state index in [9.17, 15) is 4.79 Å². The van der Waals surface area contributed by atoms with Gasteiger partial charge in [-0.25, -0.2) is 0 Å². The lowest BCUT2D eigenvalue weighted by atomic mass is 9.94. The number of nitrogens with two attached hydrogens (primary N) is 1. The fourth-order valence-electron chi connectivity index (χ4n) is 2.56. The number of anilines is 1. The SMILES string of the molecule is CC(C)CC1(CNC(=O)c2ccccc2N)CC1.Cl. The fourth-order valence-corrected chi connectivity index (χ4v) is 2.56. The highest BCUT2D eigenvalue weighted by atomic mass is 35.5. The Balaban J connectivity index is 0.00000180. The van der Waals surface area contributed by atoms with Crippen molar-refractivity contribution in [2.24, 2.45) is 11.3 Å². The first-order chi connectivity index (χ1) is 8.52. The van der Waals surface area contributed by atoms with E-state index in [4.69, 9.17) is 5.73 Å². The fraction of sp³-hybridized carbons (Fsp3) is 0.533. The standard InChI is InChI=1S/C15H22N2O.ClH/c1-11(2)9-15(7-8-15)10-17-14(18)12-5-3-4-6-13(12)16;/h3-6,11H,7-10,16H2,1-2H3,(H,17,18);1H. The molecule has 0 heterocycles. The smallest absolute Gasteiger partial charge is 0.253 e. The van der Waals surface area contributed by atoms with Crippen LogP contribution in [0.5, 0.6) is 0 Å². The molecule has 1 saturated carbocycles. The minimum atomic E-state index is -0.0527. The molecule has 1 aromatic carbocycles. The Hall–Kier alpha value is -1.22. The molecule has 0 saturated heterocycles. The van der Waals surface area contributed by atoms with Gasteiger partial charge in [0.05, 0.1) is 5.56 Å². The van der Waals surface area contributed by atoms with Gasteiger partial charge in [-0.3, -0.25) is 4.79 Å². The van der Waals surface area contributed by atoms with E-state index in [0.717, 1.165) is 6.54 Å². The van der Waals surface area contributed by atoms with Gasteiger partial charge in [-0.2, -0.15) is 0 Å². The summed E-state index contributed by atoms with van der Waals surface area (Å²) in [4.78, 5) is 12.0. The quantitative estimate of drug-likeness (QED) is 0.815. The first-order valence-electron chi connectivity index (χ1n) is 6.65. The molecule has 1 aromatic rings. The van der Waals surface area contributed by atoms with Gasteiger partial charge >= 0.3 is 0 Å². The van der Waals surface area contributed by atoms with E-state index in [1.54, 1.807) is 12.1 Å². The number of nitrogen functional groups attached to an aromatic ring is 1. The van der Waals surface area contributed by atoms with Crippen LogP contribution >= 0.6 is 12.4 Å². The molecule has 0 aromatic heterocycles. The molecule has 0 aliphatic heterocycles. The van der Waals surface area contributed by atoms with Crippen LogP contribution < -0.4 is 11.1 Å². The van der Waals surface area contributed by atoms with E-state index in [-0.39, 0.29) is 18.3 Å². The van der Waals surface area contributed by atoms with Crippen molar-refractivity contribution in [2.45, 2.75) is 33.1 Å². The minimum absolute atomic E-state index is 0. The first-order valence-corrected chi connectivity index (χ1v) is 6.65. The van der Waals surface area contributed by atoms with Crippen molar-refractivity contribution in [1.82, 2.24) is 5.32 Å². The Morgan fingerprint density at radius 3 is 2.53 bits per heavy atom. The predicted octanol–water partition coefficient (Wildman–Crippen LogP) is 3.25. The number of benzene rings is 1. The second-order valence-corrected chi connectivity index (χ2v) is 5.87. The van der Waals surface area contributed by atoms with Crippen LogP contribution in [0, 0.1) is 11.3 Å². The van der Waals surface area contributed by atoms with Crippen molar-refractivity contribution in [3.05, 3.63) is 29.8 Å². The lowest BCUT2D eigenvalue weighted by Crippen LogP contribution is -2.31. The Labute approximate surface area is 121 Å². The third kappa shape index (κ3) is 4.13. The molecular weight excluding hydrogens is 260 g/mol. The molecule has 0 bridgehead atoms. The molecule has 106 valence electrons. The molecule has 19 heavy (non-hydrogen) atoms. The Morgan fingerprint density at radius 1 is 1.37 bits per heavy atom. The van der Waals surface area contributed by atoms with E-state index < -0.39 is 0 Å². The average molecular weight is 283 g/mol. The Bertz CT molecular complexity index is 442. The highest BCUT2D eigenvalue weighted by Crippen LogP contribution is 2.50. The van der Waals surface area contributed by atoms with E-state index in [0.29, 0.717) is 22.6 Å². The molecule has 1 fully saturated rings. The Kier molecular flexibility index (Phi) is 5.24. The highest BCUT2D eigenvalue weighted by molar-refractivity contribution is 5.99. The summed E-state index contributed by atoms with van der Waals surface area (Å²) in [6.45, 7) is 5.24. The minimum Gasteiger partial charge on any atom is -0.398 e. The number of carbonyl (C=O) groups excluding carboxylic acids is 1. The van der Waals surface area contributed by atoms with Crippen molar-refractivity contribution in [3.63, 3.8) is 0 Å². The number of hydrogen-bond donors (Lipinski definition) is 2. The first kappa shape index (κ1) is 15.8. The van der Waals surface area contributed by atoms with E-state index in [2.05, 4.69) is 19.2 Å². The number of rotatable bonds is 5. The molecule has 0 radical (unpaired) electrons. The summed E-state index contributed by atoms with van der Waals surface area (Å²) in [5, 5.41) is 3.03. The molecular formula is C15H23ClN2O. The molecule has 1 aliphatic carbocycles.